The minimum absolute atomic E-state index is 0.0853. The molecule has 0 heterocycles. The van der Waals surface area contributed by atoms with Crippen LogP contribution >= 0.6 is 0 Å². The first-order valence-electron chi connectivity index (χ1n) is 7.35. The first-order valence-corrected chi connectivity index (χ1v) is 8.79. The second-order valence-corrected chi connectivity index (χ2v) is 8.02. The van der Waals surface area contributed by atoms with Crippen molar-refractivity contribution in [3.63, 3.8) is 0 Å². The summed E-state index contributed by atoms with van der Waals surface area (Å²) >= 11 is 0. The monoisotopic (exact) mass is 306 g/mol. The molecule has 4 nitrogen and oxygen atoms in total. The molecule has 5 heteroatoms. The van der Waals surface area contributed by atoms with Crippen molar-refractivity contribution in [2.24, 2.45) is 5.92 Å². The number of nitriles is 1. The average Bonchev–Trinajstić information content (AvgIpc) is 2.47. The van der Waals surface area contributed by atoms with Crippen LogP contribution in [0, 0.1) is 24.2 Å². The molecule has 1 aliphatic carbocycles. The van der Waals surface area contributed by atoms with Gasteiger partial charge < -0.3 is 0 Å². The van der Waals surface area contributed by atoms with Gasteiger partial charge in [0, 0.05) is 13.1 Å². The van der Waals surface area contributed by atoms with Crippen LogP contribution in [0.2, 0.25) is 0 Å². The van der Waals surface area contributed by atoms with Crippen LogP contribution in [0.5, 0.6) is 0 Å². The van der Waals surface area contributed by atoms with Crippen molar-refractivity contribution in [3.05, 3.63) is 29.3 Å². The van der Waals surface area contributed by atoms with Crippen LogP contribution in [0.1, 0.15) is 43.7 Å². The van der Waals surface area contributed by atoms with E-state index in [4.69, 9.17) is 5.26 Å². The van der Waals surface area contributed by atoms with Gasteiger partial charge in [-0.2, -0.15) is 9.57 Å². The lowest BCUT2D eigenvalue weighted by Gasteiger charge is -2.32. The van der Waals surface area contributed by atoms with Crippen molar-refractivity contribution in [3.8, 4) is 6.07 Å². The van der Waals surface area contributed by atoms with E-state index in [1.165, 1.54) is 10.4 Å². The molecule has 0 bridgehead atoms. The van der Waals surface area contributed by atoms with E-state index < -0.39 is 10.0 Å². The number of nitrogens with zero attached hydrogens (tertiary/aromatic N) is 2. The Morgan fingerprint density at radius 1 is 1.24 bits per heavy atom. The largest absolute Gasteiger partial charge is 0.243 e. The van der Waals surface area contributed by atoms with Gasteiger partial charge in [-0.15, -0.1) is 0 Å². The van der Waals surface area contributed by atoms with Crippen LogP contribution in [0.15, 0.2) is 23.1 Å². The molecule has 0 N–H and O–H groups in total. The highest BCUT2D eigenvalue weighted by molar-refractivity contribution is 7.89. The molecule has 0 radical (unpaired) electrons. The van der Waals surface area contributed by atoms with E-state index in [0.717, 1.165) is 25.7 Å². The molecule has 0 aromatic heterocycles. The zero-order chi connectivity index (χ0) is 15.6. The van der Waals surface area contributed by atoms with Crippen LogP contribution in [0.25, 0.3) is 0 Å². The highest BCUT2D eigenvalue weighted by Crippen LogP contribution is 2.29. The van der Waals surface area contributed by atoms with E-state index in [2.05, 4.69) is 13.0 Å². The fourth-order valence-electron chi connectivity index (χ4n) is 2.89. The standard InChI is InChI=1S/C16H22N2O2S/c1-12-4-7-15(8-5-12)18(3)21(19,20)16-9-6-14(11-17)13(2)10-16/h6,9-10,12,15H,4-5,7-8H2,1-3H3. The predicted molar refractivity (Wildman–Crippen MR) is 82.3 cm³/mol. The zero-order valence-corrected chi connectivity index (χ0v) is 13.7. The third kappa shape index (κ3) is 3.28. The molecule has 0 aliphatic heterocycles. The quantitative estimate of drug-likeness (QED) is 0.862. The van der Waals surface area contributed by atoms with Crippen molar-refractivity contribution in [2.75, 3.05) is 7.05 Å². The Morgan fingerprint density at radius 2 is 1.86 bits per heavy atom. The minimum atomic E-state index is -3.48. The summed E-state index contributed by atoms with van der Waals surface area (Å²) in [6.45, 7) is 3.98. The van der Waals surface area contributed by atoms with Crippen LogP contribution in [0.3, 0.4) is 0 Å². The van der Waals surface area contributed by atoms with Gasteiger partial charge in [0.25, 0.3) is 0 Å². The molecule has 1 aromatic rings. The normalized spacial score (nSPS) is 23.0. The summed E-state index contributed by atoms with van der Waals surface area (Å²) in [6.07, 6.45) is 4.01. The molecule has 0 spiro atoms. The molecule has 21 heavy (non-hydrogen) atoms. The first kappa shape index (κ1) is 16.0. The summed E-state index contributed by atoms with van der Waals surface area (Å²) in [5.41, 5.74) is 1.22. The molecular weight excluding hydrogens is 284 g/mol. The van der Waals surface area contributed by atoms with Gasteiger partial charge in [0.2, 0.25) is 10.0 Å². The maximum atomic E-state index is 12.7. The summed E-state index contributed by atoms with van der Waals surface area (Å²) in [6, 6.07) is 6.85. The molecule has 1 saturated carbocycles. The van der Waals surface area contributed by atoms with Crippen LogP contribution in [-0.4, -0.2) is 25.8 Å². The highest BCUT2D eigenvalue weighted by atomic mass is 32.2. The van der Waals surface area contributed by atoms with Crippen molar-refractivity contribution in [2.45, 2.75) is 50.5 Å². The van der Waals surface area contributed by atoms with Crippen LogP contribution < -0.4 is 0 Å². The summed E-state index contributed by atoms with van der Waals surface area (Å²) in [4.78, 5) is 0.278. The van der Waals surface area contributed by atoms with Crippen LogP contribution in [-0.2, 0) is 10.0 Å². The van der Waals surface area contributed by atoms with Crippen molar-refractivity contribution >= 4 is 10.0 Å². The molecule has 1 fully saturated rings. The molecule has 0 unspecified atom stereocenters. The van der Waals surface area contributed by atoms with Gasteiger partial charge in [0.15, 0.2) is 0 Å². The van der Waals surface area contributed by atoms with Crippen molar-refractivity contribution in [1.82, 2.24) is 4.31 Å². The van der Waals surface area contributed by atoms with E-state index in [9.17, 15) is 8.42 Å². The molecule has 2 rings (SSSR count). The topological polar surface area (TPSA) is 61.2 Å². The van der Waals surface area contributed by atoms with Gasteiger partial charge in [-0.1, -0.05) is 6.92 Å². The minimum Gasteiger partial charge on any atom is -0.207 e. The predicted octanol–water partition coefficient (Wildman–Crippen LogP) is 3.07. The van der Waals surface area contributed by atoms with Crippen molar-refractivity contribution < 1.29 is 8.42 Å². The van der Waals surface area contributed by atoms with Gasteiger partial charge in [0.05, 0.1) is 16.5 Å². The van der Waals surface area contributed by atoms with Gasteiger partial charge in [0.1, 0.15) is 0 Å². The number of hydrogen-bond donors (Lipinski definition) is 0. The average molecular weight is 306 g/mol. The van der Waals surface area contributed by atoms with E-state index in [0.29, 0.717) is 17.0 Å². The summed E-state index contributed by atoms with van der Waals surface area (Å²) in [5, 5.41) is 8.94. The Labute approximate surface area is 127 Å². The Balaban J connectivity index is 2.25. The molecule has 1 aromatic carbocycles. The van der Waals surface area contributed by atoms with E-state index >= 15 is 0 Å². The summed E-state index contributed by atoms with van der Waals surface area (Å²) in [7, 11) is -1.81. The van der Waals surface area contributed by atoms with E-state index in [1.807, 2.05) is 0 Å². The number of hydrogen-bond acceptors (Lipinski definition) is 3. The van der Waals surface area contributed by atoms with Gasteiger partial charge >= 0.3 is 0 Å². The lowest BCUT2D eigenvalue weighted by atomic mass is 9.87. The second-order valence-electron chi connectivity index (χ2n) is 6.02. The molecular formula is C16H22N2O2S. The van der Waals surface area contributed by atoms with Gasteiger partial charge in [-0.25, -0.2) is 8.42 Å². The molecule has 1 aliphatic rings. The third-order valence-electron chi connectivity index (χ3n) is 4.49. The fraction of sp³-hybridized carbons (Fsp3) is 0.562. The molecule has 0 saturated heterocycles. The van der Waals surface area contributed by atoms with Crippen molar-refractivity contribution in [1.29, 1.82) is 5.26 Å². The fourth-order valence-corrected chi connectivity index (χ4v) is 4.39. The molecule has 0 amide bonds. The molecule has 0 atom stereocenters. The molecule has 114 valence electrons. The maximum absolute atomic E-state index is 12.7. The Kier molecular flexibility index (Phi) is 4.70. The smallest absolute Gasteiger partial charge is 0.207 e. The van der Waals surface area contributed by atoms with Crippen LogP contribution in [0.4, 0.5) is 0 Å². The Hall–Kier alpha value is -1.38. The van der Waals surface area contributed by atoms with E-state index in [1.54, 1.807) is 26.1 Å². The number of rotatable bonds is 3. The first-order chi connectivity index (χ1) is 9.86. The Bertz CT molecular complexity index is 653. The second kappa shape index (κ2) is 6.17. The Morgan fingerprint density at radius 3 is 2.38 bits per heavy atom. The zero-order valence-electron chi connectivity index (χ0n) is 12.8. The number of sulfonamides is 1. The SMILES string of the molecule is Cc1cc(S(=O)(=O)N(C)C2CCC(C)CC2)ccc1C#N. The maximum Gasteiger partial charge on any atom is 0.243 e. The van der Waals surface area contributed by atoms with E-state index in [-0.39, 0.29) is 10.9 Å². The third-order valence-corrected chi connectivity index (χ3v) is 6.40. The summed E-state index contributed by atoms with van der Waals surface area (Å²) in [5.74, 6) is 0.689. The number of aryl methyl sites for hydroxylation is 1. The van der Waals surface area contributed by atoms with Gasteiger partial charge in [-0.05, 0) is 62.3 Å². The lowest BCUT2D eigenvalue weighted by Crippen LogP contribution is -2.39. The summed E-state index contributed by atoms with van der Waals surface area (Å²) < 4.78 is 26.9. The number of benzene rings is 1. The lowest BCUT2D eigenvalue weighted by molar-refractivity contribution is 0.246. The van der Waals surface area contributed by atoms with Gasteiger partial charge in [-0.3, -0.25) is 0 Å². The highest BCUT2D eigenvalue weighted by Gasteiger charge is 2.30.